The van der Waals surface area contributed by atoms with E-state index < -0.39 is 0 Å². The number of rotatable bonds is 2. The lowest BCUT2D eigenvalue weighted by atomic mass is 10.1. The molecule has 2 aliphatic rings. The second-order valence-electron chi connectivity index (χ2n) is 4.70. The van der Waals surface area contributed by atoms with Crippen molar-refractivity contribution < 1.29 is 0 Å². The van der Waals surface area contributed by atoms with Crippen molar-refractivity contribution in [3.8, 4) is 0 Å². The lowest BCUT2D eigenvalue weighted by Gasteiger charge is -2.16. The normalized spacial score (nSPS) is 21.7. The number of nitrogens with one attached hydrogen (secondary N) is 1. The Morgan fingerprint density at radius 2 is 1.89 bits per heavy atom. The molecule has 1 N–H and O–H groups in total. The Balaban J connectivity index is 0.00000133. The van der Waals surface area contributed by atoms with E-state index in [0.29, 0.717) is 6.04 Å². The zero-order valence-corrected chi connectivity index (χ0v) is 13.2. The third-order valence-corrected chi connectivity index (χ3v) is 4.25. The molecule has 1 aromatic carbocycles. The van der Waals surface area contributed by atoms with Crippen LogP contribution in [-0.2, 0) is 0 Å². The molecule has 0 unspecified atom stereocenters. The van der Waals surface area contributed by atoms with Gasteiger partial charge in [-0.15, -0.1) is 17.0 Å². The molecule has 1 aliphatic carbocycles. The minimum Gasteiger partial charge on any atom is -0.258 e. The van der Waals surface area contributed by atoms with E-state index in [0.717, 1.165) is 16.6 Å². The zero-order chi connectivity index (χ0) is 12.2. The van der Waals surface area contributed by atoms with E-state index in [-0.39, 0.29) is 17.0 Å². The number of benzene rings is 1. The minimum atomic E-state index is 0. The number of nitrogens with zero attached hydrogens (tertiary/aromatic N) is 2. The van der Waals surface area contributed by atoms with Gasteiger partial charge in [0.05, 0.1) is 11.8 Å². The highest BCUT2D eigenvalue weighted by Crippen LogP contribution is 2.23. The molecule has 1 aromatic rings. The predicted molar refractivity (Wildman–Crippen MR) is 88.6 cm³/mol. The minimum absolute atomic E-state index is 0. The SMILES string of the molecule is Br.c1ccc(C2=NNC(=NC3CCCC3)SC2)cc1. The summed E-state index contributed by atoms with van der Waals surface area (Å²) in [5, 5.41) is 5.43. The van der Waals surface area contributed by atoms with Gasteiger partial charge in [-0.2, -0.15) is 5.10 Å². The predicted octanol–water partition coefficient (Wildman–Crippen LogP) is 3.60. The third-order valence-electron chi connectivity index (χ3n) is 3.36. The number of hydrazone groups is 1. The second-order valence-corrected chi connectivity index (χ2v) is 5.66. The molecular formula is C14H18BrN3S. The van der Waals surface area contributed by atoms with Gasteiger partial charge in [-0.1, -0.05) is 54.9 Å². The van der Waals surface area contributed by atoms with Crippen molar-refractivity contribution in [1.29, 1.82) is 0 Å². The van der Waals surface area contributed by atoms with Crippen molar-refractivity contribution >= 4 is 39.6 Å². The standard InChI is InChI=1S/C14H17N3S.BrH/c1-2-6-11(7-3-1)13-10-18-14(17-16-13)15-12-8-4-5-9-12;/h1-3,6-7,12H,4-5,8-10H2,(H,15,17);1H. The monoisotopic (exact) mass is 339 g/mol. The summed E-state index contributed by atoms with van der Waals surface area (Å²) >= 11 is 1.76. The van der Waals surface area contributed by atoms with E-state index in [9.17, 15) is 0 Å². The summed E-state index contributed by atoms with van der Waals surface area (Å²) in [5.41, 5.74) is 5.39. The van der Waals surface area contributed by atoms with Crippen LogP contribution in [0.4, 0.5) is 0 Å². The summed E-state index contributed by atoms with van der Waals surface area (Å²) < 4.78 is 0. The molecule has 0 aromatic heterocycles. The maximum atomic E-state index is 4.72. The van der Waals surface area contributed by atoms with E-state index in [1.165, 1.54) is 31.2 Å². The summed E-state index contributed by atoms with van der Waals surface area (Å²) in [6.45, 7) is 0. The molecule has 3 rings (SSSR count). The van der Waals surface area contributed by atoms with Crippen LogP contribution in [0.2, 0.25) is 0 Å². The van der Waals surface area contributed by atoms with Crippen molar-refractivity contribution in [2.24, 2.45) is 10.1 Å². The van der Waals surface area contributed by atoms with Gasteiger partial charge in [0.2, 0.25) is 0 Å². The highest BCUT2D eigenvalue weighted by atomic mass is 79.9. The van der Waals surface area contributed by atoms with Gasteiger partial charge >= 0.3 is 0 Å². The van der Waals surface area contributed by atoms with Gasteiger partial charge in [-0.05, 0) is 18.4 Å². The number of thioether (sulfide) groups is 1. The molecule has 1 saturated carbocycles. The molecule has 19 heavy (non-hydrogen) atoms. The lowest BCUT2D eigenvalue weighted by Crippen LogP contribution is -2.26. The first kappa shape index (κ1) is 14.6. The van der Waals surface area contributed by atoms with Crippen LogP contribution in [0.1, 0.15) is 31.2 Å². The highest BCUT2D eigenvalue weighted by Gasteiger charge is 2.17. The molecular weight excluding hydrogens is 322 g/mol. The van der Waals surface area contributed by atoms with Crippen molar-refractivity contribution in [3.63, 3.8) is 0 Å². The van der Waals surface area contributed by atoms with E-state index in [1.54, 1.807) is 11.8 Å². The number of hydrogen-bond acceptors (Lipinski definition) is 3. The van der Waals surface area contributed by atoms with Crippen LogP contribution >= 0.6 is 28.7 Å². The molecule has 102 valence electrons. The molecule has 1 fully saturated rings. The first-order chi connectivity index (χ1) is 8.92. The summed E-state index contributed by atoms with van der Waals surface area (Å²) in [6.07, 6.45) is 5.12. The molecule has 1 aliphatic heterocycles. The van der Waals surface area contributed by atoms with E-state index >= 15 is 0 Å². The average Bonchev–Trinajstić information content (AvgIpc) is 2.94. The van der Waals surface area contributed by atoms with Crippen LogP contribution < -0.4 is 5.43 Å². The summed E-state index contributed by atoms with van der Waals surface area (Å²) in [6, 6.07) is 10.8. The third kappa shape index (κ3) is 3.83. The Hall–Kier alpha value is -0.810. The molecule has 3 nitrogen and oxygen atoms in total. The summed E-state index contributed by atoms with van der Waals surface area (Å²) in [4.78, 5) is 4.72. The smallest absolute Gasteiger partial charge is 0.177 e. The Labute approximate surface area is 128 Å². The van der Waals surface area contributed by atoms with E-state index in [2.05, 4.69) is 22.7 Å². The van der Waals surface area contributed by atoms with Crippen LogP contribution in [0.15, 0.2) is 40.4 Å². The first-order valence-electron chi connectivity index (χ1n) is 6.50. The maximum Gasteiger partial charge on any atom is 0.177 e. The Kier molecular flexibility index (Phi) is 5.45. The maximum absolute atomic E-state index is 4.72. The fourth-order valence-corrected chi connectivity index (χ4v) is 3.20. The second kappa shape index (κ2) is 7.10. The molecule has 0 radical (unpaired) electrons. The van der Waals surface area contributed by atoms with Gasteiger partial charge in [-0.25, -0.2) is 0 Å². The lowest BCUT2D eigenvalue weighted by molar-refractivity contribution is 0.703. The van der Waals surface area contributed by atoms with Gasteiger partial charge in [0.25, 0.3) is 0 Å². The molecule has 5 heteroatoms. The highest BCUT2D eigenvalue weighted by molar-refractivity contribution is 8.93. The van der Waals surface area contributed by atoms with E-state index in [4.69, 9.17) is 4.99 Å². The van der Waals surface area contributed by atoms with Gasteiger partial charge in [-0.3, -0.25) is 10.4 Å². The fraction of sp³-hybridized carbons (Fsp3) is 0.429. The molecule has 0 saturated heterocycles. The Bertz CT molecular complexity index is 467. The van der Waals surface area contributed by atoms with Crippen molar-refractivity contribution in [1.82, 2.24) is 5.43 Å². The molecule has 0 spiro atoms. The van der Waals surface area contributed by atoms with Crippen molar-refractivity contribution in [2.45, 2.75) is 31.7 Å². The topological polar surface area (TPSA) is 36.8 Å². The van der Waals surface area contributed by atoms with Crippen LogP contribution in [0.25, 0.3) is 0 Å². The van der Waals surface area contributed by atoms with E-state index in [1.807, 2.05) is 18.2 Å². The molecule has 0 bridgehead atoms. The average molecular weight is 340 g/mol. The van der Waals surface area contributed by atoms with Gasteiger partial charge in [0, 0.05) is 5.75 Å². The fourth-order valence-electron chi connectivity index (χ4n) is 2.36. The van der Waals surface area contributed by atoms with Crippen LogP contribution in [-0.4, -0.2) is 22.7 Å². The molecule has 1 heterocycles. The van der Waals surface area contributed by atoms with Gasteiger partial charge < -0.3 is 0 Å². The van der Waals surface area contributed by atoms with Gasteiger partial charge in [0.15, 0.2) is 5.17 Å². The van der Waals surface area contributed by atoms with Crippen LogP contribution in [0.5, 0.6) is 0 Å². The number of halogens is 1. The van der Waals surface area contributed by atoms with Crippen LogP contribution in [0, 0.1) is 0 Å². The Morgan fingerprint density at radius 1 is 1.16 bits per heavy atom. The largest absolute Gasteiger partial charge is 0.258 e. The summed E-state index contributed by atoms with van der Waals surface area (Å²) in [5.74, 6) is 0.905. The summed E-state index contributed by atoms with van der Waals surface area (Å²) in [7, 11) is 0. The molecule has 0 amide bonds. The zero-order valence-electron chi connectivity index (χ0n) is 10.7. The Morgan fingerprint density at radius 3 is 2.53 bits per heavy atom. The van der Waals surface area contributed by atoms with Gasteiger partial charge in [0.1, 0.15) is 0 Å². The first-order valence-corrected chi connectivity index (χ1v) is 7.49. The quantitative estimate of drug-likeness (QED) is 0.893. The van der Waals surface area contributed by atoms with Crippen LogP contribution in [0.3, 0.4) is 0 Å². The van der Waals surface area contributed by atoms with Crippen molar-refractivity contribution in [2.75, 3.05) is 5.75 Å². The molecule has 0 atom stereocenters. The van der Waals surface area contributed by atoms with Crippen molar-refractivity contribution in [3.05, 3.63) is 35.9 Å². The number of hydrogen-bond donors (Lipinski definition) is 1. The number of aliphatic imine (C=N–C) groups is 1. The number of amidine groups is 1.